The number of nitrogens with one attached hydrogen (secondary N) is 4. The molecular weight excluding hydrogens is 436 g/mol. The van der Waals surface area contributed by atoms with E-state index >= 15 is 0 Å². The molecule has 168 valence electrons. The second kappa shape index (κ2) is 12.4. The van der Waals surface area contributed by atoms with Crippen LogP contribution in [-0.4, -0.2) is 85.6 Å². The molecule has 1 heterocycles. The highest BCUT2D eigenvalue weighted by Crippen LogP contribution is 2.02. The maximum atomic E-state index is 12.6. The van der Waals surface area contributed by atoms with Crippen LogP contribution in [0.4, 0.5) is 0 Å². The number of aliphatic carboxylic acids is 1. The topological polar surface area (TPSA) is 200 Å². The first-order valence-corrected chi connectivity index (χ1v) is 10.1. The molecule has 1 aromatic rings. The molecule has 1 aromatic heterocycles. The smallest absolute Gasteiger partial charge is 0.327 e. The maximum absolute atomic E-state index is 12.6. The number of nitrogens with zero attached hydrogens (tertiary/aromatic N) is 1. The molecule has 5 atom stereocenters. The molecule has 5 unspecified atom stereocenters. The molecule has 0 bridgehead atoms. The van der Waals surface area contributed by atoms with Gasteiger partial charge in [0.05, 0.1) is 12.4 Å². The lowest BCUT2D eigenvalue weighted by Gasteiger charge is -2.24. The number of amides is 3. The Balaban J connectivity index is 2.92. The molecule has 8 N–H and O–H groups in total. The van der Waals surface area contributed by atoms with Gasteiger partial charge in [-0.05, 0) is 6.92 Å². The van der Waals surface area contributed by atoms with Crippen LogP contribution in [0.1, 0.15) is 12.6 Å². The summed E-state index contributed by atoms with van der Waals surface area (Å²) in [6.45, 7) is 1.32. The number of aromatic amines is 1. The molecule has 0 saturated carbocycles. The molecular formula is C16H26N6O6S2. The van der Waals surface area contributed by atoms with Crippen molar-refractivity contribution in [1.82, 2.24) is 25.9 Å². The Morgan fingerprint density at radius 2 is 1.60 bits per heavy atom. The number of carboxylic acid groups (broad SMARTS) is 1. The molecule has 0 aromatic carbocycles. The van der Waals surface area contributed by atoms with Gasteiger partial charge in [-0.25, -0.2) is 9.78 Å². The van der Waals surface area contributed by atoms with E-state index in [2.05, 4.69) is 51.2 Å². The number of aliphatic hydroxyl groups excluding tert-OH is 1. The summed E-state index contributed by atoms with van der Waals surface area (Å²) in [5.74, 6) is -3.82. The molecule has 0 aliphatic rings. The molecule has 0 radical (unpaired) electrons. The predicted octanol–water partition coefficient (Wildman–Crippen LogP) is -2.94. The van der Waals surface area contributed by atoms with Crippen LogP contribution in [0.5, 0.6) is 0 Å². The van der Waals surface area contributed by atoms with Gasteiger partial charge in [-0.3, -0.25) is 14.4 Å². The number of aromatic nitrogens is 2. The standard InChI is InChI=1S/C16H26N6O6S2/c1-7(23)12(17)15(26)21-10(4-29)14(25)20-9(2-8-3-18-6-19-8)13(24)22-11(5-30)16(27)28/h3,6-7,9-12,23,29-30H,2,4-5,17H2,1H3,(H,18,19)(H,20,25)(H,21,26)(H,22,24)(H,27,28). The molecule has 0 aliphatic heterocycles. The third-order valence-corrected chi connectivity index (χ3v) is 4.78. The van der Waals surface area contributed by atoms with Crippen molar-refractivity contribution in [2.75, 3.05) is 11.5 Å². The molecule has 1 rings (SSSR count). The Morgan fingerprint density at radius 3 is 2.07 bits per heavy atom. The first-order chi connectivity index (χ1) is 14.1. The van der Waals surface area contributed by atoms with Crippen LogP contribution in [0, 0.1) is 0 Å². The fourth-order valence-corrected chi connectivity index (χ4v) is 2.74. The van der Waals surface area contributed by atoms with Gasteiger partial charge >= 0.3 is 5.97 Å². The second-order valence-corrected chi connectivity index (χ2v) is 7.16. The molecule has 30 heavy (non-hydrogen) atoms. The molecule has 3 amide bonds. The van der Waals surface area contributed by atoms with E-state index in [-0.39, 0.29) is 17.9 Å². The SMILES string of the molecule is CC(O)C(N)C(=O)NC(CS)C(=O)NC(Cc1cnc[nH]1)C(=O)NC(CS)C(=O)O. The summed E-state index contributed by atoms with van der Waals surface area (Å²) in [7, 11) is 0. The van der Waals surface area contributed by atoms with Crippen LogP contribution >= 0.6 is 25.3 Å². The number of thiol groups is 2. The number of carboxylic acids is 1. The number of aliphatic hydroxyl groups is 1. The average Bonchev–Trinajstić information content (AvgIpc) is 3.21. The molecule has 0 aliphatic carbocycles. The molecule has 0 spiro atoms. The largest absolute Gasteiger partial charge is 0.480 e. The van der Waals surface area contributed by atoms with Gasteiger partial charge < -0.3 is 36.9 Å². The van der Waals surface area contributed by atoms with Gasteiger partial charge in [0.25, 0.3) is 0 Å². The van der Waals surface area contributed by atoms with Gasteiger partial charge in [0.2, 0.25) is 17.7 Å². The fourth-order valence-electron chi connectivity index (χ4n) is 2.24. The zero-order valence-corrected chi connectivity index (χ0v) is 17.9. The molecule has 12 nitrogen and oxygen atoms in total. The van der Waals surface area contributed by atoms with Gasteiger partial charge in [-0.15, -0.1) is 0 Å². The van der Waals surface area contributed by atoms with Crippen LogP contribution in [-0.2, 0) is 25.6 Å². The Bertz CT molecular complexity index is 732. The predicted molar refractivity (Wildman–Crippen MR) is 113 cm³/mol. The van der Waals surface area contributed by atoms with Crippen molar-refractivity contribution in [2.45, 2.75) is 43.6 Å². The van der Waals surface area contributed by atoms with Crippen molar-refractivity contribution in [3.05, 3.63) is 18.2 Å². The lowest BCUT2D eigenvalue weighted by Crippen LogP contribution is -2.59. The maximum Gasteiger partial charge on any atom is 0.327 e. The number of imidazole rings is 1. The molecule has 14 heteroatoms. The molecule has 0 saturated heterocycles. The fraction of sp³-hybridized carbons (Fsp3) is 0.562. The van der Waals surface area contributed by atoms with Crippen molar-refractivity contribution in [1.29, 1.82) is 0 Å². The van der Waals surface area contributed by atoms with Gasteiger partial charge in [0.1, 0.15) is 24.2 Å². The zero-order valence-electron chi connectivity index (χ0n) is 16.1. The average molecular weight is 463 g/mol. The number of carbonyl (C=O) groups excluding carboxylic acids is 3. The van der Waals surface area contributed by atoms with E-state index in [0.717, 1.165) is 0 Å². The van der Waals surface area contributed by atoms with Gasteiger partial charge in [-0.1, -0.05) is 0 Å². The van der Waals surface area contributed by atoms with Crippen LogP contribution in [0.25, 0.3) is 0 Å². The van der Waals surface area contributed by atoms with E-state index in [0.29, 0.717) is 5.69 Å². The zero-order chi connectivity index (χ0) is 22.8. The summed E-state index contributed by atoms with van der Waals surface area (Å²) in [6.07, 6.45) is 1.67. The van der Waals surface area contributed by atoms with Crippen LogP contribution in [0.3, 0.4) is 0 Å². The summed E-state index contributed by atoms with van der Waals surface area (Å²) in [5.41, 5.74) is 6.05. The number of hydrogen-bond donors (Lipinski definition) is 9. The highest BCUT2D eigenvalue weighted by Gasteiger charge is 2.30. The van der Waals surface area contributed by atoms with Gasteiger partial charge in [0.15, 0.2) is 0 Å². The number of rotatable bonds is 12. The van der Waals surface area contributed by atoms with Gasteiger partial charge in [0, 0.05) is 29.8 Å². The second-order valence-electron chi connectivity index (χ2n) is 6.43. The van der Waals surface area contributed by atoms with Crippen molar-refractivity contribution in [2.24, 2.45) is 5.73 Å². The first-order valence-electron chi connectivity index (χ1n) is 8.87. The number of hydrogen-bond acceptors (Lipinski definition) is 9. The van der Waals surface area contributed by atoms with E-state index < -0.39 is 54.0 Å². The van der Waals surface area contributed by atoms with Crippen molar-refractivity contribution < 1.29 is 29.4 Å². The van der Waals surface area contributed by atoms with Crippen LogP contribution in [0.15, 0.2) is 12.5 Å². The Kier molecular flexibility index (Phi) is 10.7. The lowest BCUT2D eigenvalue weighted by atomic mass is 10.1. The van der Waals surface area contributed by atoms with E-state index in [1.165, 1.54) is 19.4 Å². The quantitative estimate of drug-likeness (QED) is 0.147. The van der Waals surface area contributed by atoms with Crippen molar-refractivity contribution in [3.63, 3.8) is 0 Å². The number of nitrogens with two attached hydrogens (primary N) is 1. The Hall–Kier alpha value is -2.29. The summed E-state index contributed by atoms with van der Waals surface area (Å²) in [5, 5.41) is 25.6. The Morgan fingerprint density at radius 1 is 1.07 bits per heavy atom. The van der Waals surface area contributed by atoms with Crippen LogP contribution < -0.4 is 21.7 Å². The first kappa shape index (κ1) is 25.7. The monoisotopic (exact) mass is 462 g/mol. The van der Waals surface area contributed by atoms with Gasteiger partial charge in [-0.2, -0.15) is 25.3 Å². The lowest BCUT2D eigenvalue weighted by molar-refractivity contribution is -0.141. The highest BCUT2D eigenvalue weighted by molar-refractivity contribution is 7.80. The minimum absolute atomic E-state index is 0.0170. The summed E-state index contributed by atoms with van der Waals surface area (Å²) in [6, 6.07) is -4.84. The number of H-pyrrole nitrogens is 1. The van der Waals surface area contributed by atoms with E-state index in [1.54, 1.807) is 0 Å². The summed E-state index contributed by atoms with van der Waals surface area (Å²) >= 11 is 7.92. The van der Waals surface area contributed by atoms with Crippen molar-refractivity contribution in [3.8, 4) is 0 Å². The van der Waals surface area contributed by atoms with E-state index in [1.807, 2.05) is 0 Å². The Labute approximate surface area is 183 Å². The summed E-state index contributed by atoms with van der Waals surface area (Å²) < 4.78 is 0. The third kappa shape index (κ3) is 7.85. The number of carbonyl (C=O) groups is 4. The van der Waals surface area contributed by atoms with Crippen molar-refractivity contribution >= 4 is 48.9 Å². The minimum Gasteiger partial charge on any atom is -0.480 e. The minimum atomic E-state index is -1.28. The highest BCUT2D eigenvalue weighted by atomic mass is 32.1. The van der Waals surface area contributed by atoms with Crippen LogP contribution in [0.2, 0.25) is 0 Å². The van der Waals surface area contributed by atoms with E-state index in [9.17, 15) is 24.3 Å². The summed E-state index contributed by atoms with van der Waals surface area (Å²) in [4.78, 5) is 55.0. The van der Waals surface area contributed by atoms with E-state index in [4.69, 9.17) is 10.8 Å². The normalized spacial score (nSPS) is 15.9. The molecule has 0 fully saturated rings. The third-order valence-electron chi connectivity index (χ3n) is 4.05.